The molecule has 1 fully saturated rings. The molecule has 0 aromatic carbocycles. The SMILES string of the molecule is CC1(O)CCN(c2nccc(/C(N)=N/O)n2)CC1. The van der Waals surface area contributed by atoms with Crippen molar-refractivity contribution in [2.45, 2.75) is 25.4 Å². The zero-order valence-corrected chi connectivity index (χ0v) is 10.2. The van der Waals surface area contributed by atoms with Gasteiger partial charge in [0.2, 0.25) is 5.95 Å². The number of aromatic nitrogens is 2. The maximum atomic E-state index is 9.88. The number of piperidine rings is 1. The van der Waals surface area contributed by atoms with Crippen molar-refractivity contribution in [2.24, 2.45) is 10.9 Å². The highest BCUT2D eigenvalue weighted by atomic mass is 16.4. The van der Waals surface area contributed by atoms with Gasteiger partial charge in [0.15, 0.2) is 5.84 Å². The normalized spacial score (nSPS) is 19.9. The van der Waals surface area contributed by atoms with Crippen molar-refractivity contribution in [1.29, 1.82) is 0 Å². The fraction of sp³-hybridized carbons (Fsp3) is 0.545. The Kier molecular flexibility index (Phi) is 3.33. The molecule has 1 aromatic rings. The Morgan fingerprint density at radius 1 is 1.50 bits per heavy atom. The summed E-state index contributed by atoms with van der Waals surface area (Å²) < 4.78 is 0. The van der Waals surface area contributed by atoms with Crippen molar-refractivity contribution in [3.8, 4) is 0 Å². The molecule has 98 valence electrons. The number of aliphatic hydroxyl groups is 1. The Labute approximate surface area is 105 Å². The highest BCUT2D eigenvalue weighted by Crippen LogP contribution is 2.23. The van der Waals surface area contributed by atoms with Gasteiger partial charge >= 0.3 is 0 Å². The average Bonchev–Trinajstić information content (AvgIpc) is 2.38. The largest absolute Gasteiger partial charge is 0.409 e. The highest BCUT2D eigenvalue weighted by molar-refractivity contribution is 5.95. The van der Waals surface area contributed by atoms with Gasteiger partial charge < -0.3 is 20.9 Å². The van der Waals surface area contributed by atoms with Gasteiger partial charge in [0.25, 0.3) is 0 Å². The Bertz CT molecular complexity index is 451. The van der Waals surface area contributed by atoms with Gasteiger partial charge in [-0.3, -0.25) is 0 Å². The summed E-state index contributed by atoms with van der Waals surface area (Å²) in [5.41, 5.74) is 5.26. The molecule has 7 heteroatoms. The lowest BCUT2D eigenvalue weighted by Gasteiger charge is -2.35. The van der Waals surface area contributed by atoms with Gasteiger partial charge in [0.1, 0.15) is 5.69 Å². The molecule has 7 nitrogen and oxygen atoms in total. The third-order valence-corrected chi connectivity index (χ3v) is 3.14. The predicted molar refractivity (Wildman–Crippen MR) is 66.6 cm³/mol. The lowest BCUT2D eigenvalue weighted by atomic mass is 9.94. The molecule has 1 aliphatic rings. The highest BCUT2D eigenvalue weighted by Gasteiger charge is 2.28. The molecule has 0 atom stereocenters. The van der Waals surface area contributed by atoms with E-state index in [2.05, 4.69) is 15.1 Å². The molecule has 0 aliphatic carbocycles. The number of rotatable bonds is 2. The molecule has 0 radical (unpaired) electrons. The van der Waals surface area contributed by atoms with Crippen LogP contribution in [0.5, 0.6) is 0 Å². The fourth-order valence-corrected chi connectivity index (χ4v) is 1.88. The molecule has 0 bridgehead atoms. The van der Waals surface area contributed by atoms with Gasteiger partial charge in [0, 0.05) is 19.3 Å². The summed E-state index contributed by atoms with van der Waals surface area (Å²) in [4.78, 5) is 10.4. The zero-order chi connectivity index (χ0) is 13.2. The molecule has 0 spiro atoms. The van der Waals surface area contributed by atoms with Crippen LogP contribution < -0.4 is 10.6 Å². The minimum atomic E-state index is -0.611. The van der Waals surface area contributed by atoms with E-state index < -0.39 is 5.60 Å². The monoisotopic (exact) mass is 251 g/mol. The van der Waals surface area contributed by atoms with Crippen LogP contribution in [0.1, 0.15) is 25.5 Å². The van der Waals surface area contributed by atoms with Crippen LogP contribution in [-0.4, -0.2) is 44.8 Å². The smallest absolute Gasteiger partial charge is 0.225 e. The third-order valence-electron chi connectivity index (χ3n) is 3.14. The molecular formula is C11H17N5O2. The minimum Gasteiger partial charge on any atom is -0.409 e. The molecule has 18 heavy (non-hydrogen) atoms. The first-order valence-corrected chi connectivity index (χ1v) is 5.80. The second kappa shape index (κ2) is 4.77. The van der Waals surface area contributed by atoms with Gasteiger partial charge in [-0.2, -0.15) is 0 Å². The van der Waals surface area contributed by atoms with Crippen LogP contribution in [0.25, 0.3) is 0 Å². The Morgan fingerprint density at radius 3 is 2.78 bits per heavy atom. The van der Waals surface area contributed by atoms with E-state index in [1.807, 2.05) is 11.8 Å². The fourth-order valence-electron chi connectivity index (χ4n) is 1.88. The molecule has 0 saturated carbocycles. The second-order valence-corrected chi connectivity index (χ2v) is 4.71. The number of anilines is 1. The molecule has 2 heterocycles. The van der Waals surface area contributed by atoms with Crippen molar-refractivity contribution in [3.05, 3.63) is 18.0 Å². The summed E-state index contributed by atoms with van der Waals surface area (Å²) in [5.74, 6) is 0.497. The van der Waals surface area contributed by atoms with E-state index in [1.165, 1.54) is 0 Å². The van der Waals surface area contributed by atoms with E-state index in [0.29, 0.717) is 37.6 Å². The van der Waals surface area contributed by atoms with Crippen LogP contribution in [-0.2, 0) is 0 Å². The van der Waals surface area contributed by atoms with E-state index in [1.54, 1.807) is 12.3 Å². The van der Waals surface area contributed by atoms with Crippen molar-refractivity contribution in [1.82, 2.24) is 9.97 Å². The molecule has 0 unspecified atom stereocenters. The summed E-state index contributed by atoms with van der Waals surface area (Å²) in [7, 11) is 0. The molecule has 1 aliphatic heterocycles. The van der Waals surface area contributed by atoms with Crippen LogP contribution >= 0.6 is 0 Å². The summed E-state index contributed by atoms with van der Waals surface area (Å²) in [6.45, 7) is 3.21. The quantitative estimate of drug-likeness (QED) is 0.294. The Balaban J connectivity index is 2.15. The zero-order valence-electron chi connectivity index (χ0n) is 10.2. The summed E-state index contributed by atoms with van der Waals surface area (Å²) in [6.07, 6.45) is 2.91. The van der Waals surface area contributed by atoms with E-state index in [9.17, 15) is 5.11 Å². The van der Waals surface area contributed by atoms with Crippen molar-refractivity contribution in [3.63, 3.8) is 0 Å². The van der Waals surface area contributed by atoms with Gasteiger partial charge in [0.05, 0.1) is 5.60 Å². The third kappa shape index (κ3) is 2.67. The number of amidine groups is 1. The molecule has 4 N–H and O–H groups in total. The maximum absolute atomic E-state index is 9.88. The topological polar surface area (TPSA) is 108 Å². The lowest BCUT2D eigenvalue weighted by Crippen LogP contribution is -2.43. The summed E-state index contributed by atoms with van der Waals surface area (Å²) in [6, 6.07) is 1.58. The van der Waals surface area contributed by atoms with E-state index in [4.69, 9.17) is 10.9 Å². The number of oxime groups is 1. The first-order valence-electron chi connectivity index (χ1n) is 5.80. The van der Waals surface area contributed by atoms with Crippen LogP contribution in [0, 0.1) is 0 Å². The Morgan fingerprint density at radius 2 is 2.17 bits per heavy atom. The molecule has 1 aromatic heterocycles. The first kappa shape index (κ1) is 12.6. The summed E-state index contributed by atoms with van der Waals surface area (Å²) in [5, 5.41) is 21.4. The number of hydrogen-bond donors (Lipinski definition) is 3. The average molecular weight is 251 g/mol. The van der Waals surface area contributed by atoms with E-state index >= 15 is 0 Å². The Hall–Kier alpha value is -1.89. The van der Waals surface area contributed by atoms with Gasteiger partial charge in [-0.05, 0) is 25.8 Å². The van der Waals surface area contributed by atoms with Crippen LogP contribution in [0.3, 0.4) is 0 Å². The van der Waals surface area contributed by atoms with Gasteiger partial charge in [-0.1, -0.05) is 5.16 Å². The standard InChI is InChI=1S/C11H17N5O2/c1-11(17)3-6-16(7-4-11)10-13-5-2-8(14-10)9(12)15-18/h2,5,17-18H,3-4,6-7H2,1H3,(H2,12,15). The molecule has 2 rings (SSSR count). The van der Waals surface area contributed by atoms with Crippen molar-refractivity contribution in [2.75, 3.05) is 18.0 Å². The lowest BCUT2D eigenvalue weighted by molar-refractivity contribution is 0.0349. The summed E-state index contributed by atoms with van der Waals surface area (Å²) >= 11 is 0. The first-order chi connectivity index (χ1) is 8.52. The predicted octanol–water partition coefficient (Wildman–Crippen LogP) is -0.0777. The van der Waals surface area contributed by atoms with E-state index in [0.717, 1.165) is 0 Å². The van der Waals surface area contributed by atoms with Crippen LogP contribution in [0.4, 0.5) is 5.95 Å². The minimum absolute atomic E-state index is 0.0392. The number of nitrogens with zero attached hydrogens (tertiary/aromatic N) is 4. The molecular weight excluding hydrogens is 234 g/mol. The number of nitrogens with two attached hydrogens (primary N) is 1. The molecule has 0 amide bonds. The maximum Gasteiger partial charge on any atom is 0.225 e. The number of hydrogen-bond acceptors (Lipinski definition) is 6. The van der Waals surface area contributed by atoms with Crippen LogP contribution in [0.15, 0.2) is 17.4 Å². The van der Waals surface area contributed by atoms with E-state index in [-0.39, 0.29) is 5.84 Å². The van der Waals surface area contributed by atoms with Crippen molar-refractivity contribution < 1.29 is 10.3 Å². The molecule has 1 saturated heterocycles. The van der Waals surface area contributed by atoms with Gasteiger partial charge in [-0.25, -0.2) is 9.97 Å². The van der Waals surface area contributed by atoms with Crippen LogP contribution in [0.2, 0.25) is 0 Å². The van der Waals surface area contributed by atoms with Crippen molar-refractivity contribution >= 4 is 11.8 Å². The van der Waals surface area contributed by atoms with Gasteiger partial charge in [-0.15, -0.1) is 0 Å². The second-order valence-electron chi connectivity index (χ2n) is 4.71.